The summed E-state index contributed by atoms with van der Waals surface area (Å²) in [6.45, 7) is 1.06. The topological polar surface area (TPSA) is 56.5 Å². The molecule has 0 saturated carbocycles. The molecule has 0 bridgehead atoms. The van der Waals surface area contributed by atoms with E-state index in [9.17, 15) is 0 Å². The maximum Gasteiger partial charge on any atom is 0.231 e. The summed E-state index contributed by atoms with van der Waals surface area (Å²) in [4.78, 5) is 4.77. The largest absolute Gasteiger partial charge is 0.469 e. The van der Waals surface area contributed by atoms with Crippen molar-refractivity contribution in [3.05, 3.63) is 52.9 Å². The van der Waals surface area contributed by atoms with Crippen LogP contribution in [0.4, 0.5) is 0 Å². The Morgan fingerprint density at radius 3 is 3.16 bits per heavy atom. The Bertz CT molecular complexity index is 902. The number of furan rings is 1. The first kappa shape index (κ1) is 15.0. The monoisotopic (exact) mass is 354 g/mol. The van der Waals surface area contributed by atoms with E-state index < -0.39 is 0 Å². The van der Waals surface area contributed by atoms with E-state index in [0.717, 1.165) is 59.3 Å². The van der Waals surface area contributed by atoms with Crippen LogP contribution in [-0.2, 0) is 13.0 Å². The number of nitrogens with zero attached hydrogens (tertiary/aromatic N) is 1. The highest BCUT2D eigenvalue weighted by Crippen LogP contribution is 2.37. The molecule has 5 nitrogen and oxygen atoms in total. The third kappa shape index (κ3) is 2.81. The predicted molar refractivity (Wildman–Crippen MR) is 94.9 cm³/mol. The Morgan fingerprint density at radius 1 is 1.20 bits per heavy atom. The van der Waals surface area contributed by atoms with Gasteiger partial charge in [-0.25, -0.2) is 4.98 Å². The zero-order valence-corrected chi connectivity index (χ0v) is 14.5. The van der Waals surface area contributed by atoms with E-state index in [-0.39, 0.29) is 0 Å². The predicted octanol–water partition coefficient (Wildman–Crippen LogP) is 4.30. The molecule has 0 radical (unpaired) electrons. The third-order valence-corrected chi connectivity index (χ3v) is 5.69. The summed E-state index contributed by atoms with van der Waals surface area (Å²) >= 11 is 1.66. The molecule has 0 fully saturated rings. The van der Waals surface area contributed by atoms with Crippen LogP contribution in [0.25, 0.3) is 10.6 Å². The molecule has 2 aromatic heterocycles. The highest BCUT2D eigenvalue weighted by Gasteiger charge is 2.22. The molecule has 2 aliphatic rings. The lowest BCUT2D eigenvalue weighted by Gasteiger charge is -2.22. The third-order valence-electron chi connectivity index (χ3n) is 4.75. The molecule has 3 aromatic rings. The molecule has 0 spiro atoms. The number of ether oxygens (including phenoxy) is 2. The molecule has 0 amide bonds. The highest BCUT2D eigenvalue weighted by molar-refractivity contribution is 7.13. The van der Waals surface area contributed by atoms with Gasteiger partial charge < -0.3 is 19.2 Å². The van der Waals surface area contributed by atoms with Gasteiger partial charge in [-0.15, -0.1) is 11.3 Å². The molecule has 5 rings (SSSR count). The Morgan fingerprint density at radius 2 is 2.16 bits per heavy atom. The second-order valence-electron chi connectivity index (χ2n) is 6.34. The van der Waals surface area contributed by atoms with Crippen molar-refractivity contribution in [3.8, 4) is 22.1 Å². The van der Waals surface area contributed by atoms with E-state index >= 15 is 0 Å². The molecule has 0 saturated heterocycles. The van der Waals surface area contributed by atoms with Crippen LogP contribution < -0.4 is 14.8 Å². The first-order chi connectivity index (χ1) is 12.4. The Labute approximate surface area is 149 Å². The van der Waals surface area contributed by atoms with Crippen molar-refractivity contribution in [3.63, 3.8) is 0 Å². The quantitative estimate of drug-likeness (QED) is 0.757. The highest BCUT2D eigenvalue weighted by atomic mass is 32.1. The molecule has 1 atom stereocenters. The molecular formula is C19H18N2O3S. The van der Waals surface area contributed by atoms with Crippen molar-refractivity contribution in [2.24, 2.45) is 0 Å². The number of rotatable bonds is 4. The number of benzene rings is 1. The standard InChI is InChI=1S/C19H18N2O3S/c1-2-15(14-6-7-22-16(14)3-1)20-9-13-10-25-19(21-13)12-4-5-17-18(8-12)24-11-23-17/h4-8,10,15,20H,1-3,9,11H2. The zero-order chi connectivity index (χ0) is 16.6. The van der Waals surface area contributed by atoms with Gasteiger partial charge in [0.05, 0.1) is 12.0 Å². The van der Waals surface area contributed by atoms with Crippen molar-refractivity contribution in [2.45, 2.75) is 31.8 Å². The maximum atomic E-state index is 5.56. The fraction of sp³-hybridized carbons (Fsp3) is 0.316. The average Bonchev–Trinajstić information content (AvgIpc) is 3.38. The van der Waals surface area contributed by atoms with E-state index in [2.05, 4.69) is 16.8 Å². The van der Waals surface area contributed by atoms with Crippen molar-refractivity contribution < 1.29 is 13.9 Å². The lowest BCUT2D eigenvalue weighted by Crippen LogP contribution is -2.24. The van der Waals surface area contributed by atoms with E-state index in [1.807, 2.05) is 18.2 Å². The van der Waals surface area contributed by atoms with Crippen LogP contribution in [0, 0.1) is 0 Å². The summed E-state index contributed by atoms with van der Waals surface area (Å²) in [5.74, 6) is 2.72. The van der Waals surface area contributed by atoms with Crippen molar-refractivity contribution in [1.29, 1.82) is 0 Å². The van der Waals surface area contributed by atoms with Gasteiger partial charge in [-0.2, -0.15) is 0 Å². The van der Waals surface area contributed by atoms with Gasteiger partial charge in [0, 0.05) is 35.5 Å². The minimum absolute atomic E-state index is 0.295. The summed E-state index contributed by atoms with van der Waals surface area (Å²) in [6, 6.07) is 8.42. The molecule has 1 N–H and O–H groups in total. The summed E-state index contributed by atoms with van der Waals surface area (Å²) in [5.41, 5.74) is 3.43. The number of hydrogen-bond acceptors (Lipinski definition) is 6. The summed E-state index contributed by atoms with van der Waals surface area (Å²) in [7, 11) is 0. The SMILES string of the molecule is c1cc2c(o1)CCCC2NCc1csc(-c2ccc3c(c2)OCO3)n1. The second-order valence-corrected chi connectivity index (χ2v) is 7.19. The number of thiazole rings is 1. The number of hydrogen-bond donors (Lipinski definition) is 1. The van der Waals surface area contributed by atoms with Crippen LogP contribution in [0.3, 0.4) is 0 Å². The molecule has 1 unspecified atom stereocenters. The molecule has 25 heavy (non-hydrogen) atoms. The van der Waals surface area contributed by atoms with Gasteiger partial charge in [-0.1, -0.05) is 0 Å². The minimum Gasteiger partial charge on any atom is -0.469 e. The van der Waals surface area contributed by atoms with Gasteiger partial charge in [0.15, 0.2) is 11.5 Å². The number of nitrogens with one attached hydrogen (secondary N) is 1. The van der Waals surface area contributed by atoms with E-state index in [0.29, 0.717) is 12.8 Å². The molecule has 1 aromatic carbocycles. The van der Waals surface area contributed by atoms with Gasteiger partial charge >= 0.3 is 0 Å². The second kappa shape index (κ2) is 6.20. The van der Waals surface area contributed by atoms with Crippen molar-refractivity contribution in [1.82, 2.24) is 10.3 Å². The van der Waals surface area contributed by atoms with Gasteiger partial charge in [-0.3, -0.25) is 0 Å². The summed E-state index contributed by atoms with van der Waals surface area (Å²) in [5, 5.41) is 6.75. The Kier molecular flexibility index (Phi) is 3.72. The molecule has 3 heterocycles. The first-order valence-corrected chi connectivity index (χ1v) is 9.39. The van der Waals surface area contributed by atoms with E-state index in [4.69, 9.17) is 18.9 Å². The fourth-order valence-electron chi connectivity index (χ4n) is 3.48. The van der Waals surface area contributed by atoms with Gasteiger partial charge in [0.2, 0.25) is 6.79 Å². The summed E-state index contributed by atoms with van der Waals surface area (Å²) in [6.07, 6.45) is 5.15. The fourth-order valence-corrected chi connectivity index (χ4v) is 4.29. The van der Waals surface area contributed by atoms with Crippen molar-refractivity contribution in [2.75, 3.05) is 6.79 Å². The Balaban J connectivity index is 1.29. The van der Waals surface area contributed by atoms with Crippen LogP contribution in [0.1, 0.15) is 35.9 Å². The summed E-state index contributed by atoms with van der Waals surface area (Å²) < 4.78 is 16.4. The number of aromatic nitrogens is 1. The zero-order valence-electron chi connectivity index (χ0n) is 13.7. The van der Waals surface area contributed by atoms with Crippen LogP contribution in [-0.4, -0.2) is 11.8 Å². The smallest absolute Gasteiger partial charge is 0.231 e. The number of aryl methyl sites for hydroxylation is 1. The normalized spacial score (nSPS) is 18.3. The van der Waals surface area contributed by atoms with Gasteiger partial charge in [0.25, 0.3) is 0 Å². The molecular weight excluding hydrogens is 336 g/mol. The molecule has 6 heteroatoms. The maximum absolute atomic E-state index is 5.56. The van der Waals surface area contributed by atoms with E-state index in [1.54, 1.807) is 17.6 Å². The molecule has 1 aliphatic heterocycles. The van der Waals surface area contributed by atoms with E-state index in [1.165, 1.54) is 5.56 Å². The number of fused-ring (bicyclic) bond motifs is 2. The van der Waals surface area contributed by atoms with Crippen LogP contribution in [0.2, 0.25) is 0 Å². The minimum atomic E-state index is 0.295. The van der Waals surface area contributed by atoms with Gasteiger partial charge in [-0.05, 0) is 37.1 Å². The van der Waals surface area contributed by atoms with Crippen LogP contribution >= 0.6 is 11.3 Å². The molecule has 128 valence electrons. The Hall–Kier alpha value is -2.31. The van der Waals surface area contributed by atoms with Crippen LogP contribution in [0.5, 0.6) is 11.5 Å². The average molecular weight is 354 g/mol. The van der Waals surface area contributed by atoms with Gasteiger partial charge in [0.1, 0.15) is 10.8 Å². The van der Waals surface area contributed by atoms with Crippen LogP contribution in [0.15, 0.2) is 40.3 Å². The lowest BCUT2D eigenvalue weighted by atomic mass is 9.93. The van der Waals surface area contributed by atoms with Crippen molar-refractivity contribution >= 4 is 11.3 Å². The molecule has 1 aliphatic carbocycles. The lowest BCUT2D eigenvalue weighted by molar-refractivity contribution is 0.174. The first-order valence-electron chi connectivity index (χ1n) is 8.51.